The van der Waals surface area contributed by atoms with Gasteiger partial charge in [0.05, 0.1) is 0 Å². The van der Waals surface area contributed by atoms with Gasteiger partial charge in [0.1, 0.15) is 5.78 Å². The van der Waals surface area contributed by atoms with Gasteiger partial charge in [0.15, 0.2) is 0 Å². The first-order valence-corrected chi connectivity index (χ1v) is 9.79. The number of hydrogen-bond donors (Lipinski definition) is 1. The zero-order valence-corrected chi connectivity index (χ0v) is 16.2. The largest absolute Gasteiger partial charge is 0.354 e. The Morgan fingerprint density at radius 1 is 1.04 bits per heavy atom. The number of nitrogens with zero attached hydrogens (tertiary/aromatic N) is 1. The van der Waals surface area contributed by atoms with Crippen molar-refractivity contribution < 1.29 is 9.59 Å². The third-order valence-electron chi connectivity index (χ3n) is 5.78. The summed E-state index contributed by atoms with van der Waals surface area (Å²) in [6.45, 7) is 12.2. The molecule has 0 aromatic rings. The van der Waals surface area contributed by atoms with Crippen LogP contribution in [0.25, 0.3) is 0 Å². The molecule has 24 heavy (non-hydrogen) atoms. The molecule has 0 radical (unpaired) electrons. The lowest BCUT2D eigenvalue weighted by Gasteiger charge is -2.34. The van der Waals surface area contributed by atoms with Crippen molar-refractivity contribution in [2.45, 2.75) is 85.2 Å². The van der Waals surface area contributed by atoms with Gasteiger partial charge in [-0.3, -0.25) is 14.5 Å². The number of carbonyl (C=O) groups is 2. The summed E-state index contributed by atoms with van der Waals surface area (Å²) in [5.41, 5.74) is -0.361. The van der Waals surface area contributed by atoms with E-state index in [9.17, 15) is 9.59 Å². The Bertz CT molecular complexity index is 453. The minimum atomic E-state index is -0.361. The fourth-order valence-corrected chi connectivity index (χ4v) is 4.42. The Hall–Kier alpha value is -0.900. The fourth-order valence-electron chi connectivity index (χ4n) is 4.42. The number of likely N-dealkylation sites (tertiary alicyclic amines) is 1. The van der Waals surface area contributed by atoms with Crippen molar-refractivity contribution in [3.05, 3.63) is 0 Å². The molecule has 3 unspecified atom stereocenters. The lowest BCUT2D eigenvalue weighted by atomic mass is 9.70. The van der Waals surface area contributed by atoms with Gasteiger partial charge in [-0.05, 0) is 46.1 Å². The SMILES string of the molecule is CC(C)N1CCCC1CNC(=O)C1CCCCC1C(=O)C(C)(C)C. The Balaban J connectivity index is 1.95. The number of Topliss-reactive ketones (excluding diaryl/α,β-unsaturated/α-hetero) is 1. The lowest BCUT2D eigenvalue weighted by molar-refractivity contribution is -0.140. The molecule has 2 aliphatic rings. The minimum absolute atomic E-state index is 0.0940. The molecule has 1 saturated carbocycles. The lowest BCUT2D eigenvalue weighted by Crippen LogP contribution is -2.47. The summed E-state index contributed by atoms with van der Waals surface area (Å²) < 4.78 is 0. The highest BCUT2D eigenvalue weighted by Crippen LogP contribution is 2.35. The molecule has 3 atom stereocenters. The van der Waals surface area contributed by atoms with E-state index in [2.05, 4.69) is 24.1 Å². The van der Waals surface area contributed by atoms with Crippen LogP contribution in [0, 0.1) is 17.3 Å². The van der Waals surface area contributed by atoms with E-state index in [1.807, 2.05) is 20.8 Å². The molecular weight excluding hydrogens is 300 g/mol. The average molecular weight is 337 g/mol. The van der Waals surface area contributed by atoms with E-state index in [0.717, 1.165) is 45.2 Å². The van der Waals surface area contributed by atoms with Crippen LogP contribution < -0.4 is 5.32 Å². The second kappa shape index (κ2) is 7.99. The van der Waals surface area contributed by atoms with Gasteiger partial charge in [-0.15, -0.1) is 0 Å². The van der Waals surface area contributed by atoms with Gasteiger partial charge in [-0.2, -0.15) is 0 Å². The number of hydrogen-bond acceptors (Lipinski definition) is 3. The van der Waals surface area contributed by atoms with E-state index < -0.39 is 0 Å². The van der Waals surface area contributed by atoms with Crippen molar-refractivity contribution in [1.29, 1.82) is 0 Å². The Labute approximate surface area is 147 Å². The zero-order chi connectivity index (χ0) is 17.9. The number of carbonyl (C=O) groups excluding carboxylic acids is 2. The molecule has 4 nitrogen and oxygen atoms in total. The Morgan fingerprint density at radius 3 is 2.25 bits per heavy atom. The predicted octanol–water partition coefficient (Wildman–Crippen LogP) is 3.40. The summed E-state index contributed by atoms with van der Waals surface area (Å²) in [6.07, 6.45) is 6.24. The van der Waals surface area contributed by atoms with Crippen molar-refractivity contribution in [3.8, 4) is 0 Å². The van der Waals surface area contributed by atoms with Crippen LogP contribution in [0.5, 0.6) is 0 Å². The predicted molar refractivity (Wildman–Crippen MR) is 97.8 cm³/mol. The summed E-state index contributed by atoms with van der Waals surface area (Å²) >= 11 is 0. The molecule has 1 heterocycles. The van der Waals surface area contributed by atoms with Crippen LogP contribution in [0.15, 0.2) is 0 Å². The number of amides is 1. The number of rotatable bonds is 5. The maximum Gasteiger partial charge on any atom is 0.223 e. The van der Waals surface area contributed by atoms with Crippen LogP contribution >= 0.6 is 0 Å². The molecule has 2 rings (SSSR count). The maximum atomic E-state index is 12.8. The summed E-state index contributed by atoms with van der Waals surface area (Å²) in [7, 11) is 0. The molecule has 1 aliphatic carbocycles. The van der Waals surface area contributed by atoms with Crippen LogP contribution in [0.3, 0.4) is 0 Å². The first-order chi connectivity index (χ1) is 11.2. The van der Waals surface area contributed by atoms with Gasteiger partial charge in [0.2, 0.25) is 5.91 Å². The molecule has 138 valence electrons. The van der Waals surface area contributed by atoms with E-state index >= 15 is 0 Å². The third kappa shape index (κ3) is 4.59. The molecule has 1 aliphatic heterocycles. The highest BCUT2D eigenvalue weighted by molar-refractivity contribution is 5.91. The van der Waals surface area contributed by atoms with Gasteiger partial charge < -0.3 is 5.32 Å². The van der Waals surface area contributed by atoms with Crippen molar-refractivity contribution in [3.63, 3.8) is 0 Å². The van der Waals surface area contributed by atoms with Crippen molar-refractivity contribution in [1.82, 2.24) is 10.2 Å². The van der Waals surface area contributed by atoms with Crippen LogP contribution in [-0.4, -0.2) is 41.8 Å². The second-order valence-electron chi connectivity index (χ2n) is 8.98. The highest BCUT2D eigenvalue weighted by Gasteiger charge is 2.40. The van der Waals surface area contributed by atoms with Crippen molar-refractivity contribution >= 4 is 11.7 Å². The van der Waals surface area contributed by atoms with Crippen LogP contribution in [0.2, 0.25) is 0 Å². The number of ketones is 1. The van der Waals surface area contributed by atoms with Gasteiger partial charge >= 0.3 is 0 Å². The molecule has 0 spiro atoms. The molecule has 0 aromatic heterocycles. The average Bonchev–Trinajstić information content (AvgIpc) is 2.99. The normalized spacial score (nSPS) is 29.0. The topological polar surface area (TPSA) is 49.4 Å². The monoisotopic (exact) mass is 336 g/mol. The summed E-state index contributed by atoms with van der Waals surface area (Å²) in [6, 6.07) is 0.980. The Kier molecular flexibility index (Phi) is 6.46. The van der Waals surface area contributed by atoms with Gasteiger partial charge in [-0.25, -0.2) is 0 Å². The summed E-state index contributed by atoms with van der Waals surface area (Å²) in [5.74, 6) is 0.142. The standard InChI is InChI=1S/C20H36N2O2/c1-14(2)22-12-8-9-15(22)13-21-19(24)17-11-7-6-10-16(17)18(23)20(3,4)5/h14-17H,6-13H2,1-5H3,(H,21,24). The van der Waals surface area contributed by atoms with Gasteiger partial charge in [0, 0.05) is 35.9 Å². The maximum absolute atomic E-state index is 12.8. The van der Waals surface area contributed by atoms with Crippen LogP contribution in [0.1, 0.15) is 73.1 Å². The van der Waals surface area contributed by atoms with Crippen LogP contribution in [0.4, 0.5) is 0 Å². The highest BCUT2D eigenvalue weighted by atomic mass is 16.2. The fraction of sp³-hybridized carbons (Fsp3) is 0.900. The van der Waals surface area contributed by atoms with Crippen LogP contribution in [-0.2, 0) is 9.59 Å². The second-order valence-corrected chi connectivity index (χ2v) is 8.98. The van der Waals surface area contributed by atoms with E-state index in [1.165, 1.54) is 6.42 Å². The molecule has 0 bridgehead atoms. The minimum Gasteiger partial charge on any atom is -0.354 e. The van der Waals surface area contributed by atoms with E-state index in [-0.39, 0.29) is 28.9 Å². The molecule has 1 amide bonds. The third-order valence-corrected chi connectivity index (χ3v) is 5.78. The summed E-state index contributed by atoms with van der Waals surface area (Å²) in [5, 5.41) is 3.18. The van der Waals surface area contributed by atoms with Crippen molar-refractivity contribution in [2.24, 2.45) is 17.3 Å². The molecule has 2 fully saturated rings. The number of nitrogens with one attached hydrogen (secondary N) is 1. The zero-order valence-electron chi connectivity index (χ0n) is 16.2. The molecular formula is C20H36N2O2. The summed E-state index contributed by atoms with van der Waals surface area (Å²) in [4.78, 5) is 28.0. The smallest absolute Gasteiger partial charge is 0.223 e. The quantitative estimate of drug-likeness (QED) is 0.837. The van der Waals surface area contributed by atoms with Gasteiger partial charge in [0.25, 0.3) is 0 Å². The van der Waals surface area contributed by atoms with E-state index in [0.29, 0.717) is 12.1 Å². The molecule has 0 aromatic carbocycles. The van der Waals surface area contributed by atoms with Crippen molar-refractivity contribution in [2.75, 3.05) is 13.1 Å². The van der Waals surface area contributed by atoms with Gasteiger partial charge in [-0.1, -0.05) is 33.6 Å². The molecule has 4 heteroatoms. The molecule has 1 saturated heterocycles. The molecule has 1 N–H and O–H groups in total. The first kappa shape index (κ1) is 19.4. The van der Waals surface area contributed by atoms with E-state index in [1.54, 1.807) is 0 Å². The first-order valence-electron chi connectivity index (χ1n) is 9.79. The van der Waals surface area contributed by atoms with E-state index in [4.69, 9.17) is 0 Å². The Morgan fingerprint density at radius 2 is 1.67 bits per heavy atom.